The van der Waals surface area contributed by atoms with Gasteiger partial charge in [0.2, 0.25) is 0 Å². The molecular formula is C25H27N5O4. The van der Waals surface area contributed by atoms with Gasteiger partial charge in [-0.3, -0.25) is 19.3 Å². The van der Waals surface area contributed by atoms with Crippen molar-refractivity contribution in [2.24, 2.45) is 0 Å². The number of nitrogens with one attached hydrogen (secondary N) is 2. The lowest BCUT2D eigenvalue weighted by molar-refractivity contribution is 0.0365. The maximum atomic E-state index is 12.9. The Morgan fingerprint density at radius 3 is 2.62 bits per heavy atom. The predicted octanol–water partition coefficient (Wildman–Crippen LogP) is 2.25. The number of rotatable bonds is 6. The van der Waals surface area contributed by atoms with Crippen molar-refractivity contribution in [3.05, 3.63) is 74.9 Å². The SMILES string of the molecule is CCn1c(=O)c(=O)[nH]c2cc(C(=O)Nc3ccc4c(ccn4CCN4CCOCC4)c3)ccc21. The van der Waals surface area contributed by atoms with Crippen LogP contribution in [0.5, 0.6) is 0 Å². The second-order valence-corrected chi connectivity index (χ2v) is 8.43. The quantitative estimate of drug-likeness (QED) is 0.429. The third-order valence-electron chi connectivity index (χ3n) is 6.34. The summed E-state index contributed by atoms with van der Waals surface area (Å²) >= 11 is 0. The first-order chi connectivity index (χ1) is 16.5. The number of aryl methyl sites for hydroxylation is 1. The number of ether oxygens (including phenoxy) is 1. The molecular weight excluding hydrogens is 434 g/mol. The number of carbonyl (C=O) groups excluding carboxylic acids is 1. The maximum Gasteiger partial charge on any atom is 0.316 e. The van der Waals surface area contributed by atoms with Gasteiger partial charge >= 0.3 is 11.1 Å². The summed E-state index contributed by atoms with van der Waals surface area (Å²) in [5, 5.41) is 3.98. The van der Waals surface area contributed by atoms with Crippen LogP contribution in [0.15, 0.2) is 58.3 Å². The molecule has 1 amide bonds. The highest BCUT2D eigenvalue weighted by atomic mass is 16.5. The Kier molecular flexibility index (Phi) is 6.04. The van der Waals surface area contributed by atoms with E-state index in [0.717, 1.165) is 50.3 Å². The monoisotopic (exact) mass is 461 g/mol. The van der Waals surface area contributed by atoms with Gasteiger partial charge in [-0.05, 0) is 49.4 Å². The van der Waals surface area contributed by atoms with Crippen molar-refractivity contribution < 1.29 is 9.53 Å². The highest BCUT2D eigenvalue weighted by molar-refractivity contribution is 6.06. The molecule has 2 aromatic heterocycles. The molecule has 9 heteroatoms. The molecule has 0 aliphatic carbocycles. The second-order valence-electron chi connectivity index (χ2n) is 8.43. The number of H-pyrrole nitrogens is 1. The summed E-state index contributed by atoms with van der Waals surface area (Å²) in [6.45, 7) is 7.56. The van der Waals surface area contributed by atoms with Crippen molar-refractivity contribution in [1.29, 1.82) is 0 Å². The van der Waals surface area contributed by atoms with Gasteiger partial charge in [0.25, 0.3) is 5.91 Å². The Morgan fingerprint density at radius 1 is 1.03 bits per heavy atom. The summed E-state index contributed by atoms with van der Waals surface area (Å²) in [4.78, 5) is 41.8. The van der Waals surface area contributed by atoms with Crippen LogP contribution >= 0.6 is 0 Å². The average molecular weight is 462 g/mol. The zero-order chi connectivity index (χ0) is 23.7. The topological polar surface area (TPSA) is 101 Å². The number of fused-ring (bicyclic) bond motifs is 2. The summed E-state index contributed by atoms with van der Waals surface area (Å²) in [5.41, 5.74) is 1.94. The van der Waals surface area contributed by atoms with E-state index in [2.05, 4.69) is 32.0 Å². The van der Waals surface area contributed by atoms with Crippen LogP contribution in [0.4, 0.5) is 5.69 Å². The average Bonchev–Trinajstić information content (AvgIpc) is 3.26. The lowest BCUT2D eigenvalue weighted by atomic mass is 10.1. The summed E-state index contributed by atoms with van der Waals surface area (Å²) < 4.78 is 9.03. The lowest BCUT2D eigenvalue weighted by Gasteiger charge is -2.26. The molecule has 0 atom stereocenters. The van der Waals surface area contributed by atoms with Crippen molar-refractivity contribution in [2.45, 2.75) is 20.0 Å². The number of carbonyl (C=O) groups is 1. The molecule has 2 N–H and O–H groups in total. The van der Waals surface area contributed by atoms with E-state index in [4.69, 9.17) is 4.74 Å². The van der Waals surface area contributed by atoms with E-state index in [1.54, 1.807) is 25.1 Å². The number of hydrogen-bond acceptors (Lipinski definition) is 5. The summed E-state index contributed by atoms with van der Waals surface area (Å²) in [6, 6.07) is 12.8. The Bertz CT molecular complexity index is 1480. The highest BCUT2D eigenvalue weighted by Gasteiger charge is 2.13. The van der Waals surface area contributed by atoms with E-state index in [-0.39, 0.29) is 5.91 Å². The minimum Gasteiger partial charge on any atom is -0.379 e. The molecule has 4 aromatic rings. The van der Waals surface area contributed by atoms with Gasteiger partial charge in [0.15, 0.2) is 0 Å². The number of morpholine rings is 1. The molecule has 1 saturated heterocycles. The van der Waals surface area contributed by atoms with Gasteiger partial charge in [-0.25, -0.2) is 0 Å². The molecule has 0 spiro atoms. The molecule has 1 aliphatic heterocycles. The first kappa shape index (κ1) is 22.1. The normalized spacial score (nSPS) is 14.6. The predicted molar refractivity (Wildman–Crippen MR) is 132 cm³/mol. The van der Waals surface area contributed by atoms with Crippen LogP contribution in [0.2, 0.25) is 0 Å². The van der Waals surface area contributed by atoms with Crippen LogP contribution in [0.3, 0.4) is 0 Å². The first-order valence-corrected chi connectivity index (χ1v) is 11.5. The van der Waals surface area contributed by atoms with Crippen LogP contribution in [0.1, 0.15) is 17.3 Å². The molecule has 2 aromatic carbocycles. The Balaban J connectivity index is 1.33. The minimum atomic E-state index is -0.699. The van der Waals surface area contributed by atoms with Gasteiger partial charge in [-0.2, -0.15) is 0 Å². The first-order valence-electron chi connectivity index (χ1n) is 11.5. The van der Waals surface area contributed by atoms with Gasteiger partial charge in [0.05, 0.1) is 24.2 Å². The molecule has 176 valence electrons. The van der Waals surface area contributed by atoms with E-state index in [1.807, 2.05) is 18.2 Å². The molecule has 5 rings (SSSR count). The molecule has 34 heavy (non-hydrogen) atoms. The zero-order valence-corrected chi connectivity index (χ0v) is 19.0. The summed E-state index contributed by atoms with van der Waals surface area (Å²) in [5.74, 6) is -0.289. The molecule has 0 radical (unpaired) electrons. The zero-order valence-electron chi connectivity index (χ0n) is 19.0. The molecule has 9 nitrogen and oxygen atoms in total. The highest BCUT2D eigenvalue weighted by Crippen LogP contribution is 2.22. The van der Waals surface area contributed by atoms with E-state index in [9.17, 15) is 14.4 Å². The smallest absolute Gasteiger partial charge is 0.316 e. The Hall–Kier alpha value is -3.69. The third kappa shape index (κ3) is 4.27. The van der Waals surface area contributed by atoms with Crippen molar-refractivity contribution >= 4 is 33.5 Å². The second kappa shape index (κ2) is 9.28. The van der Waals surface area contributed by atoms with Crippen LogP contribution in [-0.2, 0) is 17.8 Å². The Morgan fingerprint density at radius 2 is 1.82 bits per heavy atom. The van der Waals surface area contributed by atoms with E-state index in [1.165, 1.54) is 4.57 Å². The van der Waals surface area contributed by atoms with E-state index < -0.39 is 11.1 Å². The molecule has 0 bridgehead atoms. The number of aromatic nitrogens is 3. The van der Waals surface area contributed by atoms with Crippen LogP contribution in [0.25, 0.3) is 21.9 Å². The van der Waals surface area contributed by atoms with Crippen LogP contribution < -0.4 is 16.4 Å². The van der Waals surface area contributed by atoms with Gasteiger partial charge in [-0.15, -0.1) is 0 Å². The number of amides is 1. The van der Waals surface area contributed by atoms with Crippen molar-refractivity contribution in [1.82, 2.24) is 19.0 Å². The lowest BCUT2D eigenvalue weighted by Crippen LogP contribution is -2.38. The van der Waals surface area contributed by atoms with E-state index in [0.29, 0.717) is 28.8 Å². The molecule has 1 fully saturated rings. The number of anilines is 1. The number of benzene rings is 2. The largest absolute Gasteiger partial charge is 0.379 e. The number of nitrogens with zero attached hydrogens (tertiary/aromatic N) is 3. The molecule has 3 heterocycles. The van der Waals surface area contributed by atoms with Gasteiger partial charge in [0, 0.05) is 61.1 Å². The van der Waals surface area contributed by atoms with Crippen LogP contribution in [0, 0.1) is 0 Å². The standard InChI is InChI=1S/C25H27N5O4/c1-2-30-22-5-3-18(16-20(22)27-24(32)25(30)33)23(31)26-19-4-6-21-17(15-19)7-8-29(21)10-9-28-11-13-34-14-12-28/h3-8,15-16H,2,9-14H2,1H3,(H,26,31)(H,27,32). The molecule has 0 saturated carbocycles. The van der Waals surface area contributed by atoms with Crippen molar-refractivity contribution in [3.63, 3.8) is 0 Å². The molecule has 1 aliphatic rings. The summed E-state index contributed by atoms with van der Waals surface area (Å²) in [6.07, 6.45) is 2.07. The summed E-state index contributed by atoms with van der Waals surface area (Å²) in [7, 11) is 0. The van der Waals surface area contributed by atoms with Crippen LogP contribution in [-0.4, -0.2) is 57.8 Å². The molecule has 0 unspecified atom stereocenters. The van der Waals surface area contributed by atoms with Gasteiger partial charge < -0.3 is 24.2 Å². The van der Waals surface area contributed by atoms with Gasteiger partial charge in [0.1, 0.15) is 0 Å². The van der Waals surface area contributed by atoms with Crippen molar-refractivity contribution in [3.8, 4) is 0 Å². The fourth-order valence-corrected chi connectivity index (χ4v) is 4.48. The number of aromatic amines is 1. The van der Waals surface area contributed by atoms with E-state index >= 15 is 0 Å². The maximum absolute atomic E-state index is 12.9. The number of hydrogen-bond donors (Lipinski definition) is 2. The third-order valence-corrected chi connectivity index (χ3v) is 6.34. The van der Waals surface area contributed by atoms with Crippen molar-refractivity contribution in [2.75, 3.05) is 38.2 Å². The Labute approximate surface area is 195 Å². The fraction of sp³-hybridized carbons (Fsp3) is 0.320. The fourth-order valence-electron chi connectivity index (χ4n) is 4.48. The van der Waals surface area contributed by atoms with Gasteiger partial charge in [-0.1, -0.05) is 0 Å². The minimum absolute atomic E-state index is 0.289.